The number of likely N-dealkylation sites (tertiary alicyclic amines) is 1. The normalized spacial score (nSPS) is 27.4. The van der Waals surface area contributed by atoms with Gasteiger partial charge in [0.1, 0.15) is 0 Å². The van der Waals surface area contributed by atoms with Crippen molar-refractivity contribution in [2.45, 2.75) is 57.9 Å². The Morgan fingerprint density at radius 3 is 2.45 bits per heavy atom. The first-order valence-electron chi connectivity index (χ1n) is 8.24. The minimum absolute atomic E-state index is 0.115. The number of hydrogen-bond acceptors (Lipinski definition) is 2. The van der Waals surface area contributed by atoms with Crippen LogP contribution in [-0.4, -0.2) is 24.5 Å². The van der Waals surface area contributed by atoms with Crippen molar-refractivity contribution in [3.05, 3.63) is 34.4 Å². The molecule has 1 heterocycles. The van der Waals surface area contributed by atoms with Crippen LogP contribution in [0.15, 0.2) is 12.1 Å². The van der Waals surface area contributed by atoms with E-state index in [9.17, 15) is 0 Å². The maximum absolute atomic E-state index is 6.36. The second-order valence-electron chi connectivity index (χ2n) is 6.69. The molecule has 110 valence electrons. The van der Waals surface area contributed by atoms with Crippen LogP contribution in [0.4, 0.5) is 0 Å². The molecule has 3 rings (SSSR count). The molecule has 0 spiro atoms. The molecule has 1 saturated heterocycles. The van der Waals surface area contributed by atoms with Crippen LogP contribution in [0.3, 0.4) is 0 Å². The zero-order valence-corrected chi connectivity index (χ0v) is 13.0. The topological polar surface area (TPSA) is 29.3 Å². The van der Waals surface area contributed by atoms with E-state index >= 15 is 0 Å². The summed E-state index contributed by atoms with van der Waals surface area (Å²) < 4.78 is 0. The molecule has 0 bridgehead atoms. The van der Waals surface area contributed by atoms with E-state index in [1.54, 1.807) is 11.1 Å². The second-order valence-corrected chi connectivity index (χ2v) is 6.69. The molecule has 0 aromatic heterocycles. The van der Waals surface area contributed by atoms with E-state index in [1.165, 1.54) is 62.7 Å². The smallest absolute Gasteiger partial charge is 0.0589 e. The van der Waals surface area contributed by atoms with Crippen LogP contribution in [0.25, 0.3) is 0 Å². The highest BCUT2D eigenvalue weighted by Crippen LogP contribution is 2.43. The molecule has 0 saturated carbocycles. The van der Waals surface area contributed by atoms with Crippen molar-refractivity contribution >= 4 is 0 Å². The van der Waals surface area contributed by atoms with Gasteiger partial charge in [0.2, 0.25) is 0 Å². The van der Waals surface area contributed by atoms with Gasteiger partial charge in [0, 0.05) is 6.54 Å². The minimum atomic E-state index is 0.115. The van der Waals surface area contributed by atoms with Crippen LogP contribution in [0.1, 0.15) is 54.4 Å². The molecule has 1 aliphatic carbocycles. The van der Waals surface area contributed by atoms with Crippen molar-refractivity contribution in [3.63, 3.8) is 0 Å². The SMILES string of the molecule is Cc1ccc(C)c2c1CCCC2(CN)N1CCCCC1. The summed E-state index contributed by atoms with van der Waals surface area (Å²) in [6, 6.07) is 4.59. The molecule has 1 aromatic rings. The number of rotatable bonds is 2. The second kappa shape index (κ2) is 5.50. The third-order valence-electron chi connectivity index (χ3n) is 5.54. The van der Waals surface area contributed by atoms with E-state index in [0.29, 0.717) is 0 Å². The van der Waals surface area contributed by atoms with E-state index in [2.05, 4.69) is 30.9 Å². The van der Waals surface area contributed by atoms with Crippen LogP contribution in [0.2, 0.25) is 0 Å². The Morgan fingerprint density at radius 1 is 1.05 bits per heavy atom. The lowest BCUT2D eigenvalue weighted by Gasteiger charge is -2.49. The molecule has 1 aromatic carbocycles. The Morgan fingerprint density at radius 2 is 1.75 bits per heavy atom. The quantitative estimate of drug-likeness (QED) is 0.895. The lowest BCUT2D eigenvalue weighted by molar-refractivity contribution is 0.0540. The number of fused-ring (bicyclic) bond motifs is 1. The fourth-order valence-electron chi connectivity index (χ4n) is 4.49. The highest BCUT2D eigenvalue weighted by atomic mass is 15.2. The molecular formula is C18H28N2. The van der Waals surface area contributed by atoms with Gasteiger partial charge in [0.25, 0.3) is 0 Å². The van der Waals surface area contributed by atoms with Crippen LogP contribution >= 0.6 is 0 Å². The lowest BCUT2D eigenvalue weighted by atomic mass is 9.71. The average molecular weight is 272 g/mol. The number of hydrogen-bond donors (Lipinski definition) is 1. The van der Waals surface area contributed by atoms with Crippen molar-refractivity contribution < 1.29 is 0 Å². The first-order valence-corrected chi connectivity index (χ1v) is 8.24. The number of nitrogens with zero attached hydrogens (tertiary/aromatic N) is 1. The fourth-order valence-corrected chi connectivity index (χ4v) is 4.49. The summed E-state index contributed by atoms with van der Waals surface area (Å²) in [6.07, 6.45) is 7.81. The standard InChI is InChI=1S/C18H28N2/c1-14-8-9-15(2)17-16(14)7-6-10-18(17,13-19)20-11-4-3-5-12-20/h8-9H,3-7,10-13,19H2,1-2H3. The summed E-state index contributed by atoms with van der Waals surface area (Å²) in [7, 11) is 0. The van der Waals surface area contributed by atoms with Crippen molar-refractivity contribution in [1.82, 2.24) is 4.90 Å². The molecule has 20 heavy (non-hydrogen) atoms. The van der Waals surface area contributed by atoms with Crippen molar-refractivity contribution in [1.29, 1.82) is 0 Å². The predicted molar refractivity (Wildman–Crippen MR) is 85.0 cm³/mol. The van der Waals surface area contributed by atoms with Crippen LogP contribution < -0.4 is 5.73 Å². The number of benzene rings is 1. The van der Waals surface area contributed by atoms with Crippen LogP contribution in [0.5, 0.6) is 0 Å². The van der Waals surface area contributed by atoms with E-state index < -0.39 is 0 Å². The predicted octanol–water partition coefficient (Wildman–Crippen LogP) is 3.28. The van der Waals surface area contributed by atoms with Gasteiger partial charge in [-0.05, 0) is 81.3 Å². The Kier molecular flexibility index (Phi) is 3.87. The first kappa shape index (κ1) is 14.1. The lowest BCUT2D eigenvalue weighted by Crippen LogP contribution is -2.55. The highest BCUT2D eigenvalue weighted by molar-refractivity contribution is 5.46. The molecule has 0 radical (unpaired) electrons. The van der Waals surface area contributed by atoms with E-state index in [1.807, 2.05) is 0 Å². The number of piperidine rings is 1. The Balaban J connectivity index is 2.12. The van der Waals surface area contributed by atoms with Gasteiger partial charge in [0.15, 0.2) is 0 Å². The maximum Gasteiger partial charge on any atom is 0.0589 e. The molecule has 2 aliphatic rings. The number of aryl methyl sites for hydroxylation is 2. The van der Waals surface area contributed by atoms with Gasteiger partial charge < -0.3 is 5.73 Å². The number of nitrogens with two attached hydrogens (primary N) is 1. The summed E-state index contributed by atoms with van der Waals surface area (Å²) in [5.74, 6) is 0. The molecule has 1 aliphatic heterocycles. The Bertz CT molecular complexity index is 488. The van der Waals surface area contributed by atoms with Gasteiger partial charge in [0.05, 0.1) is 5.54 Å². The molecule has 2 heteroatoms. The molecule has 2 N–H and O–H groups in total. The van der Waals surface area contributed by atoms with Gasteiger partial charge in [-0.15, -0.1) is 0 Å². The third-order valence-corrected chi connectivity index (χ3v) is 5.54. The molecular weight excluding hydrogens is 244 g/mol. The van der Waals surface area contributed by atoms with Crippen LogP contribution in [-0.2, 0) is 12.0 Å². The zero-order valence-electron chi connectivity index (χ0n) is 13.0. The fraction of sp³-hybridized carbons (Fsp3) is 0.667. The summed E-state index contributed by atoms with van der Waals surface area (Å²) in [5.41, 5.74) is 12.5. The van der Waals surface area contributed by atoms with Crippen molar-refractivity contribution in [2.75, 3.05) is 19.6 Å². The molecule has 1 fully saturated rings. The first-order chi connectivity index (χ1) is 9.69. The van der Waals surface area contributed by atoms with Gasteiger partial charge in [-0.3, -0.25) is 4.90 Å². The van der Waals surface area contributed by atoms with Crippen molar-refractivity contribution in [2.24, 2.45) is 5.73 Å². The van der Waals surface area contributed by atoms with Gasteiger partial charge in [-0.25, -0.2) is 0 Å². The monoisotopic (exact) mass is 272 g/mol. The highest BCUT2D eigenvalue weighted by Gasteiger charge is 2.42. The van der Waals surface area contributed by atoms with Crippen LogP contribution in [0, 0.1) is 13.8 Å². The molecule has 1 unspecified atom stereocenters. The Labute approximate surface area is 123 Å². The third kappa shape index (κ3) is 2.10. The minimum Gasteiger partial charge on any atom is -0.328 e. The summed E-state index contributed by atoms with van der Waals surface area (Å²) in [4.78, 5) is 2.71. The molecule has 1 atom stereocenters. The maximum atomic E-state index is 6.36. The summed E-state index contributed by atoms with van der Waals surface area (Å²) >= 11 is 0. The van der Waals surface area contributed by atoms with Gasteiger partial charge >= 0.3 is 0 Å². The molecule has 2 nitrogen and oxygen atoms in total. The van der Waals surface area contributed by atoms with Gasteiger partial charge in [-0.1, -0.05) is 18.6 Å². The van der Waals surface area contributed by atoms with E-state index in [0.717, 1.165) is 6.54 Å². The van der Waals surface area contributed by atoms with E-state index in [-0.39, 0.29) is 5.54 Å². The summed E-state index contributed by atoms with van der Waals surface area (Å²) in [6.45, 7) is 7.76. The average Bonchev–Trinajstić information content (AvgIpc) is 2.51. The largest absolute Gasteiger partial charge is 0.328 e. The summed E-state index contributed by atoms with van der Waals surface area (Å²) in [5, 5.41) is 0. The van der Waals surface area contributed by atoms with Gasteiger partial charge in [-0.2, -0.15) is 0 Å². The zero-order chi connectivity index (χ0) is 14.2. The van der Waals surface area contributed by atoms with Crippen molar-refractivity contribution in [3.8, 4) is 0 Å². The van der Waals surface area contributed by atoms with E-state index in [4.69, 9.17) is 5.73 Å². The Hall–Kier alpha value is -0.860. The molecule has 0 amide bonds.